The highest BCUT2D eigenvalue weighted by Gasteiger charge is 2.12. The Hall–Kier alpha value is -2.84. The second-order valence-corrected chi connectivity index (χ2v) is 6.79. The van der Waals surface area contributed by atoms with E-state index < -0.39 is 6.61 Å². The molecule has 29 heavy (non-hydrogen) atoms. The highest BCUT2D eigenvalue weighted by Crippen LogP contribution is 2.26. The Kier molecular flexibility index (Phi) is 8.69. The Labute approximate surface area is 170 Å². The molecular weight excluding hydrogens is 380 g/mol. The monoisotopic (exact) mass is 409 g/mol. The molecule has 0 radical (unpaired) electrons. The van der Waals surface area contributed by atoms with E-state index >= 15 is 0 Å². The number of methoxy groups -OCH3 is 1. The average Bonchev–Trinajstić information content (AvgIpc) is 3.10. The lowest BCUT2D eigenvalue weighted by atomic mass is 10.2. The molecule has 0 fully saturated rings. The fourth-order valence-electron chi connectivity index (χ4n) is 2.75. The molecule has 0 spiro atoms. The van der Waals surface area contributed by atoms with Gasteiger partial charge in [-0.05, 0) is 31.0 Å². The van der Waals surface area contributed by atoms with E-state index in [2.05, 4.69) is 43.8 Å². The molecule has 1 aromatic carbocycles. The predicted octanol–water partition coefficient (Wildman–Crippen LogP) is 3.40. The minimum atomic E-state index is -2.91. The van der Waals surface area contributed by atoms with Crippen LogP contribution in [0.3, 0.4) is 0 Å². The van der Waals surface area contributed by atoms with Gasteiger partial charge in [0.25, 0.3) is 0 Å². The van der Waals surface area contributed by atoms with Gasteiger partial charge in [0, 0.05) is 31.0 Å². The van der Waals surface area contributed by atoms with E-state index in [4.69, 9.17) is 4.74 Å². The van der Waals surface area contributed by atoms with Crippen LogP contribution in [0.25, 0.3) is 0 Å². The molecule has 0 atom stereocenters. The van der Waals surface area contributed by atoms with Crippen molar-refractivity contribution in [3.8, 4) is 11.5 Å². The van der Waals surface area contributed by atoms with Gasteiger partial charge in [-0.2, -0.15) is 8.78 Å². The maximum atomic E-state index is 12.7. The van der Waals surface area contributed by atoms with E-state index in [0.717, 1.165) is 12.4 Å². The predicted molar refractivity (Wildman–Crippen MR) is 108 cm³/mol. The van der Waals surface area contributed by atoms with Gasteiger partial charge in [-0.1, -0.05) is 13.8 Å². The van der Waals surface area contributed by atoms with Crippen molar-refractivity contribution in [1.82, 2.24) is 20.2 Å². The molecule has 0 saturated heterocycles. The molecule has 160 valence electrons. The van der Waals surface area contributed by atoms with Crippen molar-refractivity contribution < 1.29 is 18.3 Å². The van der Waals surface area contributed by atoms with Gasteiger partial charge < -0.3 is 24.7 Å². The summed E-state index contributed by atoms with van der Waals surface area (Å²) in [4.78, 5) is 8.88. The first-order valence-electron chi connectivity index (χ1n) is 9.56. The Morgan fingerprint density at radius 2 is 2.07 bits per heavy atom. The van der Waals surface area contributed by atoms with Gasteiger partial charge in [0.15, 0.2) is 5.96 Å². The van der Waals surface area contributed by atoms with E-state index in [0.29, 0.717) is 36.3 Å². The molecule has 1 aromatic heterocycles. The van der Waals surface area contributed by atoms with Crippen LogP contribution in [0, 0.1) is 5.92 Å². The fourth-order valence-corrected chi connectivity index (χ4v) is 2.75. The van der Waals surface area contributed by atoms with E-state index in [-0.39, 0.29) is 12.3 Å². The summed E-state index contributed by atoms with van der Waals surface area (Å²) in [6.45, 7) is 5.52. The minimum absolute atomic E-state index is 0.0767. The molecule has 0 aliphatic carbocycles. The standard InChI is InChI=1S/C20H29F2N5O2/c1-5-23-20(26-12-18-24-8-9-27(18)13-14(2)3)25-11-15-10-16(28-4)6-7-17(15)29-19(21)22/h6-10,14,19H,5,11-13H2,1-4H3,(H2,23,25,26). The minimum Gasteiger partial charge on any atom is -0.497 e. The Morgan fingerprint density at radius 3 is 2.72 bits per heavy atom. The molecule has 2 rings (SSSR count). The molecule has 0 aliphatic rings. The highest BCUT2D eigenvalue weighted by molar-refractivity contribution is 5.79. The van der Waals surface area contributed by atoms with E-state index in [9.17, 15) is 8.78 Å². The third-order valence-electron chi connectivity index (χ3n) is 4.01. The number of hydrogen-bond acceptors (Lipinski definition) is 4. The van der Waals surface area contributed by atoms with E-state index in [1.54, 1.807) is 18.3 Å². The number of nitrogens with zero attached hydrogens (tertiary/aromatic N) is 3. The molecule has 0 amide bonds. The number of halogens is 2. The second kappa shape index (κ2) is 11.2. The van der Waals surface area contributed by atoms with E-state index in [1.807, 2.05) is 13.1 Å². The van der Waals surface area contributed by atoms with Crippen LogP contribution in [0.1, 0.15) is 32.2 Å². The zero-order valence-corrected chi connectivity index (χ0v) is 17.3. The number of imidazole rings is 1. The number of ether oxygens (including phenoxy) is 2. The number of alkyl halides is 2. The quantitative estimate of drug-likeness (QED) is 0.465. The summed E-state index contributed by atoms with van der Waals surface area (Å²) in [6, 6.07) is 4.67. The lowest BCUT2D eigenvalue weighted by Gasteiger charge is -2.15. The molecular formula is C20H29F2N5O2. The zero-order chi connectivity index (χ0) is 21.2. The van der Waals surface area contributed by atoms with Crippen LogP contribution in [0.5, 0.6) is 11.5 Å². The molecule has 2 N–H and O–H groups in total. The first-order valence-corrected chi connectivity index (χ1v) is 9.56. The third kappa shape index (κ3) is 7.24. The largest absolute Gasteiger partial charge is 0.497 e. The molecule has 1 heterocycles. The molecule has 0 bridgehead atoms. The summed E-state index contributed by atoms with van der Waals surface area (Å²) in [5.41, 5.74) is 0.503. The van der Waals surface area contributed by atoms with Crippen molar-refractivity contribution in [2.75, 3.05) is 13.7 Å². The van der Waals surface area contributed by atoms with Crippen molar-refractivity contribution in [3.05, 3.63) is 42.0 Å². The smallest absolute Gasteiger partial charge is 0.387 e. The first kappa shape index (κ1) is 22.4. The van der Waals surface area contributed by atoms with Crippen LogP contribution in [-0.4, -0.2) is 35.8 Å². The lowest BCUT2D eigenvalue weighted by molar-refractivity contribution is -0.0504. The second-order valence-electron chi connectivity index (χ2n) is 6.79. The summed E-state index contributed by atoms with van der Waals surface area (Å²) in [5, 5.41) is 6.38. The molecule has 9 heteroatoms. The summed E-state index contributed by atoms with van der Waals surface area (Å²) in [7, 11) is 1.51. The third-order valence-corrected chi connectivity index (χ3v) is 4.01. The molecule has 0 saturated carbocycles. The Bertz CT molecular complexity index is 793. The number of aromatic nitrogens is 2. The maximum absolute atomic E-state index is 12.7. The topological polar surface area (TPSA) is 72.7 Å². The summed E-state index contributed by atoms with van der Waals surface area (Å²) in [6.07, 6.45) is 3.72. The fraction of sp³-hybridized carbons (Fsp3) is 0.500. The van der Waals surface area contributed by atoms with E-state index in [1.165, 1.54) is 13.2 Å². The van der Waals surface area contributed by atoms with Crippen molar-refractivity contribution in [1.29, 1.82) is 0 Å². The summed E-state index contributed by atoms with van der Waals surface area (Å²) >= 11 is 0. The van der Waals surface area contributed by atoms with Crippen LogP contribution in [-0.2, 0) is 19.6 Å². The number of guanidine groups is 1. The molecule has 0 aliphatic heterocycles. The van der Waals surface area contributed by atoms with Crippen molar-refractivity contribution >= 4 is 5.96 Å². The number of rotatable bonds is 10. The van der Waals surface area contributed by atoms with Gasteiger partial charge in [0.05, 0.1) is 20.2 Å². The summed E-state index contributed by atoms with van der Waals surface area (Å²) < 4.78 is 37.2. The average molecular weight is 409 g/mol. The summed E-state index contributed by atoms with van der Waals surface area (Å²) in [5.74, 6) is 2.58. The van der Waals surface area contributed by atoms with Gasteiger partial charge in [0.1, 0.15) is 17.3 Å². The number of hydrogen-bond donors (Lipinski definition) is 2. The first-order chi connectivity index (χ1) is 13.9. The van der Waals surface area contributed by atoms with Crippen molar-refractivity contribution in [3.63, 3.8) is 0 Å². The van der Waals surface area contributed by atoms with Crippen LogP contribution in [0.2, 0.25) is 0 Å². The van der Waals surface area contributed by atoms with Crippen LogP contribution in [0.4, 0.5) is 8.78 Å². The molecule has 7 nitrogen and oxygen atoms in total. The highest BCUT2D eigenvalue weighted by atomic mass is 19.3. The molecule has 2 aromatic rings. The molecule has 0 unspecified atom stereocenters. The Balaban J connectivity index is 2.12. The zero-order valence-electron chi connectivity index (χ0n) is 17.3. The van der Waals surface area contributed by atoms with Crippen molar-refractivity contribution in [2.24, 2.45) is 10.9 Å². The number of benzene rings is 1. The van der Waals surface area contributed by atoms with Crippen LogP contribution < -0.4 is 20.1 Å². The van der Waals surface area contributed by atoms with Gasteiger partial charge in [-0.3, -0.25) is 0 Å². The number of aliphatic imine (C=N–C) groups is 1. The van der Waals surface area contributed by atoms with Gasteiger partial charge in [-0.25, -0.2) is 9.98 Å². The maximum Gasteiger partial charge on any atom is 0.387 e. The number of nitrogens with one attached hydrogen (secondary N) is 2. The SMILES string of the molecule is CCNC(=NCc1cc(OC)ccc1OC(F)F)NCc1nccn1CC(C)C. The van der Waals surface area contributed by atoms with Gasteiger partial charge in [0.2, 0.25) is 0 Å². The normalized spacial score (nSPS) is 11.8. The van der Waals surface area contributed by atoms with Crippen LogP contribution in [0.15, 0.2) is 35.6 Å². The lowest BCUT2D eigenvalue weighted by Crippen LogP contribution is -2.37. The van der Waals surface area contributed by atoms with Crippen LogP contribution >= 0.6 is 0 Å². The van der Waals surface area contributed by atoms with Gasteiger partial charge >= 0.3 is 6.61 Å². The Morgan fingerprint density at radius 1 is 1.28 bits per heavy atom. The van der Waals surface area contributed by atoms with Gasteiger partial charge in [-0.15, -0.1) is 0 Å². The van der Waals surface area contributed by atoms with Crippen molar-refractivity contribution in [2.45, 2.75) is 47.0 Å².